The van der Waals surface area contributed by atoms with Gasteiger partial charge in [-0.25, -0.2) is 0 Å². The van der Waals surface area contributed by atoms with Crippen LogP contribution in [0.2, 0.25) is 0 Å². The number of hydrogen-bond donors (Lipinski definition) is 1. The van der Waals surface area contributed by atoms with Crippen molar-refractivity contribution in [3.05, 3.63) is 48.0 Å². The number of rotatable bonds is 4. The van der Waals surface area contributed by atoms with Crippen molar-refractivity contribution in [3.8, 4) is 12.8 Å². The second-order valence-electron chi connectivity index (χ2n) is 5.28. The number of nitrogens with zero attached hydrogens (tertiary/aromatic N) is 1. The van der Waals surface area contributed by atoms with Gasteiger partial charge in [0.1, 0.15) is 0 Å². The Kier molecular flexibility index (Phi) is 8.67. The Balaban J connectivity index is 0.000000615. The number of hydrogen-bond acceptors (Lipinski definition) is 3. The van der Waals surface area contributed by atoms with Gasteiger partial charge in [-0.1, -0.05) is 36.4 Å². The van der Waals surface area contributed by atoms with Crippen LogP contribution < -0.4 is 0 Å². The number of fused-ring (bicyclic) bond motifs is 1. The normalized spacial score (nSPS) is 13.6. The van der Waals surface area contributed by atoms with Crippen molar-refractivity contribution in [2.75, 3.05) is 26.7 Å². The lowest BCUT2D eigenvalue weighted by atomic mass is 10.0. The van der Waals surface area contributed by atoms with Gasteiger partial charge in [0.25, 0.3) is 0 Å². The van der Waals surface area contributed by atoms with Crippen LogP contribution in [0.25, 0.3) is 10.8 Å². The molecule has 0 spiro atoms. The molecule has 0 amide bonds. The molecule has 3 heteroatoms. The lowest BCUT2D eigenvalue weighted by molar-refractivity contribution is 0.0969. The van der Waals surface area contributed by atoms with E-state index in [9.17, 15) is 4.79 Å². The molecule has 0 atom stereocenters. The van der Waals surface area contributed by atoms with Crippen LogP contribution in [0.5, 0.6) is 0 Å². The average Bonchev–Trinajstić information content (AvgIpc) is 3.16. The van der Waals surface area contributed by atoms with Crippen LogP contribution in [0.1, 0.15) is 29.6 Å². The topological polar surface area (TPSA) is 40.5 Å². The van der Waals surface area contributed by atoms with Crippen LogP contribution in [-0.2, 0) is 0 Å². The summed E-state index contributed by atoms with van der Waals surface area (Å²) in [4.78, 5) is 14.6. The highest BCUT2D eigenvalue weighted by Crippen LogP contribution is 2.17. The van der Waals surface area contributed by atoms with Gasteiger partial charge in [0, 0.05) is 25.6 Å². The van der Waals surface area contributed by atoms with Gasteiger partial charge in [-0.05, 0) is 42.8 Å². The molecule has 0 aliphatic carbocycles. The number of likely N-dealkylation sites (tertiary alicyclic amines) is 1. The molecule has 23 heavy (non-hydrogen) atoms. The lowest BCUT2D eigenvalue weighted by Gasteiger charge is -2.13. The van der Waals surface area contributed by atoms with E-state index < -0.39 is 0 Å². The number of terminal acetylenes is 1. The summed E-state index contributed by atoms with van der Waals surface area (Å²) >= 11 is 0. The van der Waals surface area contributed by atoms with Gasteiger partial charge in [-0.15, -0.1) is 12.8 Å². The average molecular weight is 311 g/mol. The molecule has 0 unspecified atom stereocenters. The molecule has 0 radical (unpaired) electrons. The minimum Gasteiger partial charge on any atom is -0.400 e. The molecule has 2 aromatic carbocycles. The molecular weight excluding hydrogens is 286 g/mol. The third-order valence-electron chi connectivity index (χ3n) is 3.93. The maximum atomic E-state index is 12.2. The first-order valence-electron chi connectivity index (χ1n) is 7.85. The molecule has 2 aromatic rings. The van der Waals surface area contributed by atoms with E-state index in [1.54, 1.807) is 0 Å². The van der Waals surface area contributed by atoms with Crippen molar-refractivity contribution < 1.29 is 9.90 Å². The molecule has 0 aromatic heterocycles. The molecule has 1 aliphatic heterocycles. The Morgan fingerprint density at radius 1 is 1.04 bits per heavy atom. The summed E-state index contributed by atoms with van der Waals surface area (Å²) in [6, 6.07) is 14.2. The Morgan fingerprint density at radius 2 is 1.65 bits per heavy atom. The lowest BCUT2D eigenvalue weighted by Crippen LogP contribution is -2.22. The largest absolute Gasteiger partial charge is 0.400 e. The van der Waals surface area contributed by atoms with Gasteiger partial charge in [0.15, 0.2) is 5.78 Å². The van der Waals surface area contributed by atoms with Crippen LogP contribution in [0.3, 0.4) is 0 Å². The summed E-state index contributed by atoms with van der Waals surface area (Å²) in [7, 11) is 1.00. The maximum absolute atomic E-state index is 12.2. The first-order chi connectivity index (χ1) is 11.3. The Hall–Kier alpha value is -2.15. The molecule has 3 nitrogen and oxygen atoms in total. The summed E-state index contributed by atoms with van der Waals surface area (Å²) in [5.41, 5.74) is 0.845. The third kappa shape index (κ3) is 5.52. The fourth-order valence-electron chi connectivity index (χ4n) is 2.77. The summed E-state index contributed by atoms with van der Waals surface area (Å²) < 4.78 is 0. The molecule has 1 aliphatic rings. The fraction of sp³-hybridized carbons (Fsp3) is 0.350. The Bertz CT molecular complexity index is 628. The fourth-order valence-corrected chi connectivity index (χ4v) is 2.77. The van der Waals surface area contributed by atoms with E-state index in [1.165, 1.54) is 18.2 Å². The van der Waals surface area contributed by atoms with Crippen molar-refractivity contribution in [2.24, 2.45) is 0 Å². The number of carbonyl (C=O) groups is 1. The smallest absolute Gasteiger partial charge is 0.164 e. The molecule has 0 bridgehead atoms. The van der Waals surface area contributed by atoms with Crippen molar-refractivity contribution >= 4 is 16.6 Å². The second-order valence-corrected chi connectivity index (χ2v) is 5.28. The van der Waals surface area contributed by atoms with E-state index in [1.807, 2.05) is 30.3 Å². The van der Waals surface area contributed by atoms with Gasteiger partial charge >= 0.3 is 0 Å². The first-order valence-corrected chi connectivity index (χ1v) is 7.85. The minimum atomic E-state index is 0.262. The summed E-state index contributed by atoms with van der Waals surface area (Å²) in [5, 5.41) is 9.34. The molecule has 0 saturated carbocycles. The van der Waals surface area contributed by atoms with Crippen molar-refractivity contribution in [1.29, 1.82) is 0 Å². The summed E-state index contributed by atoms with van der Waals surface area (Å²) in [6.45, 7) is 3.22. The molecule has 122 valence electrons. The van der Waals surface area contributed by atoms with Crippen molar-refractivity contribution in [2.45, 2.75) is 19.3 Å². The number of benzene rings is 2. The molecule has 1 saturated heterocycles. The molecule has 3 rings (SSSR count). The third-order valence-corrected chi connectivity index (χ3v) is 3.93. The highest BCUT2D eigenvalue weighted by molar-refractivity contribution is 6.00. The monoisotopic (exact) mass is 311 g/mol. The quantitative estimate of drug-likeness (QED) is 0.695. The second kappa shape index (κ2) is 10.6. The van der Waals surface area contributed by atoms with Crippen LogP contribution in [0.15, 0.2) is 42.5 Å². The zero-order chi connectivity index (χ0) is 17.1. The molecule has 1 N–H and O–H groups in total. The predicted octanol–water partition coefficient (Wildman–Crippen LogP) is 3.37. The van der Waals surface area contributed by atoms with Gasteiger partial charge in [-0.2, -0.15) is 0 Å². The van der Waals surface area contributed by atoms with Crippen LogP contribution in [-0.4, -0.2) is 42.5 Å². The van der Waals surface area contributed by atoms with E-state index >= 15 is 0 Å². The van der Waals surface area contributed by atoms with Gasteiger partial charge in [0.05, 0.1) is 0 Å². The highest BCUT2D eigenvalue weighted by Gasteiger charge is 2.13. The van der Waals surface area contributed by atoms with Gasteiger partial charge in [-0.3, -0.25) is 4.79 Å². The van der Waals surface area contributed by atoms with E-state index in [4.69, 9.17) is 5.11 Å². The number of carbonyl (C=O) groups excluding carboxylic acids is 1. The number of aliphatic hydroxyl groups is 1. The maximum Gasteiger partial charge on any atom is 0.164 e. The first kappa shape index (κ1) is 18.9. The molecule has 1 fully saturated rings. The van der Waals surface area contributed by atoms with Crippen LogP contribution in [0, 0.1) is 12.8 Å². The number of aliphatic hydroxyl groups excluding tert-OH is 1. The standard InChI is InChI=1S/C17H19NO.C2H2.CH4O/c19-17(9-12-18-10-3-4-11-18)16-8-7-14-5-1-2-6-15(14)13-16;2*1-2/h1-2,5-8,13H,3-4,9-12H2;1-2H;2H,1H3. The van der Waals surface area contributed by atoms with E-state index in [-0.39, 0.29) is 5.78 Å². The Morgan fingerprint density at radius 3 is 2.30 bits per heavy atom. The molecule has 1 heterocycles. The van der Waals surface area contributed by atoms with E-state index in [0.717, 1.165) is 37.7 Å². The SMILES string of the molecule is C#C.CO.O=C(CCN1CCCC1)c1ccc2ccccc2c1. The zero-order valence-electron chi connectivity index (χ0n) is 13.7. The van der Waals surface area contributed by atoms with E-state index in [0.29, 0.717) is 6.42 Å². The summed E-state index contributed by atoms with van der Waals surface area (Å²) in [5.74, 6) is 0.262. The number of ketones is 1. The molecular formula is C20H25NO2. The van der Waals surface area contributed by atoms with E-state index in [2.05, 4.69) is 29.9 Å². The highest BCUT2D eigenvalue weighted by atomic mass is 16.2. The van der Waals surface area contributed by atoms with Crippen LogP contribution in [0.4, 0.5) is 0 Å². The van der Waals surface area contributed by atoms with Gasteiger partial charge in [0.2, 0.25) is 0 Å². The van der Waals surface area contributed by atoms with Gasteiger partial charge < -0.3 is 10.0 Å². The van der Waals surface area contributed by atoms with Crippen molar-refractivity contribution in [3.63, 3.8) is 0 Å². The zero-order valence-corrected chi connectivity index (χ0v) is 13.7. The van der Waals surface area contributed by atoms with Crippen LogP contribution >= 0.6 is 0 Å². The summed E-state index contributed by atoms with van der Waals surface area (Å²) in [6.07, 6.45) is 11.2. The predicted molar refractivity (Wildman–Crippen MR) is 96.6 cm³/mol. The Labute approximate surface area is 138 Å². The number of Topliss-reactive ketones (excluding diaryl/α,β-unsaturated/α-hetero) is 1. The minimum absolute atomic E-state index is 0.262. The van der Waals surface area contributed by atoms with Crippen molar-refractivity contribution in [1.82, 2.24) is 4.90 Å².